The summed E-state index contributed by atoms with van der Waals surface area (Å²) in [7, 11) is 0. The Hall–Kier alpha value is -2.15. The van der Waals surface area contributed by atoms with Gasteiger partial charge in [0.15, 0.2) is 6.61 Å². The lowest BCUT2D eigenvalue weighted by atomic mass is 10.1. The van der Waals surface area contributed by atoms with Crippen molar-refractivity contribution in [3.63, 3.8) is 0 Å². The minimum Gasteiger partial charge on any atom is -0.484 e. The summed E-state index contributed by atoms with van der Waals surface area (Å²) in [6, 6.07) is 8.00. The number of carbonyl (C=O) groups excluding carboxylic acids is 1. The van der Waals surface area contributed by atoms with E-state index in [9.17, 15) is 4.79 Å². The zero-order valence-corrected chi connectivity index (χ0v) is 15.6. The van der Waals surface area contributed by atoms with Crippen LogP contribution in [0.5, 0.6) is 5.75 Å². The highest BCUT2D eigenvalue weighted by atomic mass is 32.1. The maximum absolute atomic E-state index is 12.3. The summed E-state index contributed by atoms with van der Waals surface area (Å²) in [5.41, 5.74) is 1.30. The number of benzene rings is 1. The van der Waals surface area contributed by atoms with Gasteiger partial charge in [0, 0.05) is 26.2 Å². The molecule has 7 heteroatoms. The molecule has 0 bridgehead atoms. The minimum atomic E-state index is 0.0331. The monoisotopic (exact) mass is 360 g/mol. The second-order valence-corrected chi connectivity index (χ2v) is 7.31. The molecule has 0 unspecified atom stereocenters. The molecule has 3 rings (SSSR count). The standard InChI is InChI=1S/C18H24N4O2S/c1-3-4-15-5-7-16(8-6-15)24-13-17(23)21-9-11-22(12-10-21)18-20-19-14(2)25-18/h5-8H,3-4,9-13H2,1-2H3. The van der Waals surface area contributed by atoms with Gasteiger partial charge in [0.1, 0.15) is 10.8 Å². The molecule has 2 heterocycles. The van der Waals surface area contributed by atoms with Crippen molar-refractivity contribution < 1.29 is 9.53 Å². The molecular formula is C18H24N4O2S. The van der Waals surface area contributed by atoms with Crippen molar-refractivity contribution in [1.29, 1.82) is 0 Å². The van der Waals surface area contributed by atoms with Crippen LogP contribution >= 0.6 is 11.3 Å². The molecule has 25 heavy (non-hydrogen) atoms. The van der Waals surface area contributed by atoms with E-state index in [-0.39, 0.29) is 12.5 Å². The average Bonchev–Trinajstić information content (AvgIpc) is 3.08. The summed E-state index contributed by atoms with van der Waals surface area (Å²) >= 11 is 1.59. The number of hydrogen-bond acceptors (Lipinski definition) is 6. The second kappa shape index (κ2) is 8.29. The van der Waals surface area contributed by atoms with Crippen LogP contribution in [0.25, 0.3) is 0 Å². The molecule has 0 saturated carbocycles. The van der Waals surface area contributed by atoms with E-state index in [1.54, 1.807) is 11.3 Å². The van der Waals surface area contributed by atoms with Gasteiger partial charge in [-0.25, -0.2) is 0 Å². The minimum absolute atomic E-state index is 0.0331. The van der Waals surface area contributed by atoms with E-state index in [0.717, 1.165) is 41.8 Å². The summed E-state index contributed by atoms with van der Waals surface area (Å²) in [4.78, 5) is 16.4. The van der Waals surface area contributed by atoms with E-state index in [1.807, 2.05) is 24.0 Å². The molecule has 1 aromatic heterocycles. The number of piperazine rings is 1. The van der Waals surface area contributed by atoms with Gasteiger partial charge in [0.05, 0.1) is 0 Å². The van der Waals surface area contributed by atoms with Crippen LogP contribution in [0.2, 0.25) is 0 Å². The van der Waals surface area contributed by atoms with Crippen molar-refractivity contribution in [2.75, 3.05) is 37.7 Å². The van der Waals surface area contributed by atoms with E-state index < -0.39 is 0 Å². The number of hydrogen-bond donors (Lipinski definition) is 0. The van der Waals surface area contributed by atoms with Gasteiger partial charge in [-0.3, -0.25) is 4.79 Å². The van der Waals surface area contributed by atoms with Gasteiger partial charge in [0.25, 0.3) is 5.91 Å². The molecule has 0 spiro atoms. The largest absolute Gasteiger partial charge is 0.484 e. The van der Waals surface area contributed by atoms with Crippen LogP contribution in [0, 0.1) is 6.92 Å². The molecule has 0 aliphatic carbocycles. The van der Waals surface area contributed by atoms with Crippen LogP contribution in [0.15, 0.2) is 24.3 Å². The van der Waals surface area contributed by atoms with Crippen molar-refractivity contribution in [3.8, 4) is 5.75 Å². The van der Waals surface area contributed by atoms with Crippen molar-refractivity contribution in [3.05, 3.63) is 34.8 Å². The molecule has 1 saturated heterocycles. The van der Waals surface area contributed by atoms with Crippen molar-refractivity contribution in [2.45, 2.75) is 26.7 Å². The van der Waals surface area contributed by atoms with Gasteiger partial charge in [-0.05, 0) is 31.0 Å². The third-order valence-electron chi connectivity index (χ3n) is 4.24. The van der Waals surface area contributed by atoms with Gasteiger partial charge >= 0.3 is 0 Å². The number of rotatable bonds is 6. The zero-order valence-electron chi connectivity index (χ0n) is 14.8. The predicted octanol–water partition coefficient (Wildman–Crippen LogP) is 2.53. The van der Waals surface area contributed by atoms with Crippen molar-refractivity contribution >= 4 is 22.4 Å². The molecule has 6 nitrogen and oxygen atoms in total. The quantitative estimate of drug-likeness (QED) is 0.792. The third-order valence-corrected chi connectivity index (χ3v) is 5.14. The third kappa shape index (κ3) is 4.69. The average molecular weight is 360 g/mol. The highest BCUT2D eigenvalue weighted by molar-refractivity contribution is 7.15. The summed E-state index contributed by atoms with van der Waals surface area (Å²) < 4.78 is 5.64. The molecule has 0 N–H and O–H groups in total. The Morgan fingerprint density at radius 1 is 1.16 bits per heavy atom. The fraction of sp³-hybridized carbons (Fsp3) is 0.500. The normalized spacial score (nSPS) is 14.6. The summed E-state index contributed by atoms with van der Waals surface area (Å²) in [6.07, 6.45) is 2.19. The Balaban J connectivity index is 1.44. The summed E-state index contributed by atoms with van der Waals surface area (Å²) in [6.45, 7) is 7.15. The first kappa shape index (κ1) is 17.7. The van der Waals surface area contributed by atoms with Gasteiger partial charge in [0.2, 0.25) is 5.13 Å². The van der Waals surface area contributed by atoms with E-state index in [0.29, 0.717) is 13.1 Å². The van der Waals surface area contributed by atoms with Crippen LogP contribution in [0.1, 0.15) is 23.9 Å². The zero-order chi connectivity index (χ0) is 17.6. The number of ether oxygens (including phenoxy) is 1. The molecular weight excluding hydrogens is 336 g/mol. The number of nitrogens with zero attached hydrogens (tertiary/aromatic N) is 4. The fourth-order valence-electron chi connectivity index (χ4n) is 2.84. The number of carbonyl (C=O) groups is 1. The van der Waals surface area contributed by atoms with Crippen LogP contribution in [0.3, 0.4) is 0 Å². The van der Waals surface area contributed by atoms with E-state index in [1.165, 1.54) is 5.56 Å². The van der Waals surface area contributed by atoms with Crippen LogP contribution < -0.4 is 9.64 Å². The number of aryl methyl sites for hydroxylation is 2. The summed E-state index contributed by atoms with van der Waals surface area (Å²) in [5.74, 6) is 0.780. The SMILES string of the molecule is CCCc1ccc(OCC(=O)N2CCN(c3nnc(C)s3)CC2)cc1. The predicted molar refractivity (Wildman–Crippen MR) is 99.4 cm³/mol. The molecule has 0 radical (unpaired) electrons. The van der Waals surface area contributed by atoms with E-state index in [4.69, 9.17) is 4.74 Å². The molecule has 1 fully saturated rings. The van der Waals surface area contributed by atoms with Crippen LogP contribution in [-0.2, 0) is 11.2 Å². The smallest absolute Gasteiger partial charge is 0.260 e. The molecule has 1 aliphatic heterocycles. The van der Waals surface area contributed by atoms with Gasteiger partial charge in [-0.1, -0.05) is 36.8 Å². The maximum atomic E-state index is 12.3. The van der Waals surface area contributed by atoms with Crippen LogP contribution in [0.4, 0.5) is 5.13 Å². The Kier molecular flexibility index (Phi) is 5.86. The van der Waals surface area contributed by atoms with Gasteiger partial charge in [-0.15, -0.1) is 10.2 Å². The number of amides is 1. The lowest BCUT2D eigenvalue weighted by Gasteiger charge is -2.34. The number of anilines is 1. The fourth-order valence-corrected chi connectivity index (χ4v) is 3.58. The Labute approximate surface area is 152 Å². The Morgan fingerprint density at radius 2 is 1.88 bits per heavy atom. The lowest BCUT2D eigenvalue weighted by Crippen LogP contribution is -2.50. The van der Waals surface area contributed by atoms with Crippen LogP contribution in [-0.4, -0.2) is 53.8 Å². The molecule has 1 aliphatic rings. The van der Waals surface area contributed by atoms with Crippen molar-refractivity contribution in [2.24, 2.45) is 0 Å². The van der Waals surface area contributed by atoms with E-state index >= 15 is 0 Å². The summed E-state index contributed by atoms with van der Waals surface area (Å²) in [5, 5.41) is 10.1. The first-order valence-corrected chi connectivity index (χ1v) is 9.52. The van der Waals surface area contributed by atoms with Gasteiger partial charge < -0.3 is 14.5 Å². The van der Waals surface area contributed by atoms with E-state index in [2.05, 4.69) is 34.2 Å². The molecule has 1 aromatic carbocycles. The lowest BCUT2D eigenvalue weighted by molar-refractivity contribution is -0.133. The second-order valence-electron chi connectivity index (χ2n) is 6.15. The molecule has 1 amide bonds. The Morgan fingerprint density at radius 3 is 2.48 bits per heavy atom. The molecule has 134 valence electrons. The van der Waals surface area contributed by atoms with Crippen molar-refractivity contribution in [1.82, 2.24) is 15.1 Å². The first-order valence-electron chi connectivity index (χ1n) is 8.70. The highest BCUT2D eigenvalue weighted by Crippen LogP contribution is 2.21. The topological polar surface area (TPSA) is 58.6 Å². The Bertz CT molecular complexity index is 693. The van der Waals surface area contributed by atoms with Gasteiger partial charge in [-0.2, -0.15) is 0 Å². The first-order chi connectivity index (χ1) is 12.2. The highest BCUT2D eigenvalue weighted by Gasteiger charge is 2.23. The maximum Gasteiger partial charge on any atom is 0.260 e. The number of aromatic nitrogens is 2. The molecule has 2 aromatic rings. The molecule has 0 atom stereocenters.